The molecule has 0 heterocycles. The van der Waals surface area contributed by atoms with Gasteiger partial charge in [-0.25, -0.2) is 4.79 Å². The summed E-state index contributed by atoms with van der Waals surface area (Å²) >= 11 is 0. The van der Waals surface area contributed by atoms with Crippen molar-refractivity contribution < 1.29 is 9.90 Å². The maximum Gasteiger partial charge on any atom is 0.315 e. The van der Waals surface area contributed by atoms with Gasteiger partial charge in [-0.15, -0.1) is 0 Å². The van der Waals surface area contributed by atoms with Gasteiger partial charge in [-0.3, -0.25) is 4.90 Å². The van der Waals surface area contributed by atoms with Gasteiger partial charge in [0.15, 0.2) is 0 Å². The van der Waals surface area contributed by atoms with Crippen molar-refractivity contribution in [2.75, 3.05) is 19.6 Å². The summed E-state index contributed by atoms with van der Waals surface area (Å²) in [5.74, 6) is 0. The van der Waals surface area contributed by atoms with Crippen molar-refractivity contribution in [3.05, 3.63) is 35.4 Å². The van der Waals surface area contributed by atoms with Crippen molar-refractivity contribution in [1.29, 1.82) is 0 Å². The zero-order valence-electron chi connectivity index (χ0n) is 15.0. The standard InChI is InChI=1S/C19H31N3O2/c1-3-22(4-2)14-17-9-7-8-16(12-17)13-20-18(23)21-15-19(24)10-5-6-11-19/h7-9,12,24H,3-6,10-11,13-15H2,1-2H3,(H2,20,21,23). The van der Waals surface area contributed by atoms with Gasteiger partial charge in [0.05, 0.1) is 5.60 Å². The summed E-state index contributed by atoms with van der Waals surface area (Å²) < 4.78 is 0. The van der Waals surface area contributed by atoms with Gasteiger partial charge in [0.1, 0.15) is 0 Å². The highest BCUT2D eigenvalue weighted by molar-refractivity contribution is 5.73. The summed E-state index contributed by atoms with van der Waals surface area (Å²) in [5, 5.41) is 15.9. The Kier molecular flexibility index (Phi) is 7.06. The molecule has 0 unspecified atom stereocenters. The van der Waals surface area contributed by atoms with Crippen LogP contribution in [0.1, 0.15) is 50.7 Å². The fourth-order valence-corrected chi connectivity index (χ4v) is 3.24. The summed E-state index contributed by atoms with van der Waals surface area (Å²) in [5.41, 5.74) is 1.65. The van der Waals surface area contributed by atoms with E-state index in [9.17, 15) is 9.90 Å². The van der Waals surface area contributed by atoms with E-state index in [1.807, 2.05) is 12.1 Å². The first-order valence-electron chi connectivity index (χ1n) is 9.09. The van der Waals surface area contributed by atoms with Crippen LogP contribution in [0.4, 0.5) is 4.79 Å². The summed E-state index contributed by atoms with van der Waals surface area (Å²) in [4.78, 5) is 14.3. The predicted molar refractivity (Wildman–Crippen MR) is 96.7 cm³/mol. The molecule has 1 fully saturated rings. The molecule has 2 rings (SSSR count). The first-order valence-corrected chi connectivity index (χ1v) is 9.09. The maximum absolute atomic E-state index is 11.9. The van der Waals surface area contributed by atoms with E-state index >= 15 is 0 Å². The Balaban J connectivity index is 1.77. The number of amides is 2. The lowest BCUT2D eigenvalue weighted by Gasteiger charge is -2.22. The number of nitrogens with zero attached hydrogens (tertiary/aromatic N) is 1. The van der Waals surface area contributed by atoms with E-state index in [0.29, 0.717) is 13.1 Å². The van der Waals surface area contributed by atoms with E-state index < -0.39 is 5.60 Å². The van der Waals surface area contributed by atoms with Crippen LogP contribution in [0.15, 0.2) is 24.3 Å². The molecule has 1 aromatic carbocycles. The van der Waals surface area contributed by atoms with Gasteiger partial charge >= 0.3 is 6.03 Å². The first kappa shape index (κ1) is 18.7. The highest BCUT2D eigenvalue weighted by Gasteiger charge is 2.31. The Labute approximate surface area is 145 Å². The molecule has 24 heavy (non-hydrogen) atoms. The van der Waals surface area contributed by atoms with Crippen LogP contribution in [0.3, 0.4) is 0 Å². The van der Waals surface area contributed by atoms with Gasteiger partial charge in [-0.05, 0) is 37.1 Å². The van der Waals surface area contributed by atoms with Crippen LogP contribution in [0.5, 0.6) is 0 Å². The number of rotatable bonds is 8. The number of hydrogen-bond donors (Lipinski definition) is 3. The summed E-state index contributed by atoms with van der Waals surface area (Å²) in [6.45, 7) is 8.15. The Morgan fingerprint density at radius 1 is 1.17 bits per heavy atom. The van der Waals surface area contributed by atoms with E-state index in [0.717, 1.165) is 50.9 Å². The molecule has 0 radical (unpaired) electrons. The van der Waals surface area contributed by atoms with E-state index in [1.165, 1.54) is 5.56 Å². The molecule has 0 aromatic heterocycles. The van der Waals surface area contributed by atoms with Gasteiger partial charge in [0, 0.05) is 19.6 Å². The van der Waals surface area contributed by atoms with Crippen molar-refractivity contribution in [3.8, 4) is 0 Å². The molecule has 0 atom stereocenters. The van der Waals surface area contributed by atoms with E-state index in [1.54, 1.807) is 0 Å². The smallest absolute Gasteiger partial charge is 0.315 e. The molecule has 1 aromatic rings. The Bertz CT molecular complexity index is 523. The average Bonchev–Trinajstić information content (AvgIpc) is 3.03. The lowest BCUT2D eigenvalue weighted by atomic mass is 10.0. The topological polar surface area (TPSA) is 64.6 Å². The molecule has 3 N–H and O–H groups in total. The highest BCUT2D eigenvalue weighted by Crippen LogP contribution is 2.28. The van der Waals surface area contributed by atoms with Crippen LogP contribution < -0.4 is 10.6 Å². The Morgan fingerprint density at radius 2 is 1.83 bits per heavy atom. The zero-order chi connectivity index (χ0) is 17.4. The van der Waals surface area contributed by atoms with Crippen molar-refractivity contribution in [2.45, 2.75) is 58.2 Å². The number of benzene rings is 1. The lowest BCUT2D eigenvalue weighted by Crippen LogP contribution is -2.44. The van der Waals surface area contributed by atoms with Crippen LogP contribution in [-0.2, 0) is 13.1 Å². The van der Waals surface area contributed by atoms with Crippen LogP contribution >= 0.6 is 0 Å². The normalized spacial score (nSPS) is 16.3. The number of hydrogen-bond acceptors (Lipinski definition) is 3. The number of aliphatic hydroxyl groups is 1. The molecule has 5 heteroatoms. The van der Waals surface area contributed by atoms with E-state index in [2.05, 4.69) is 41.5 Å². The minimum atomic E-state index is -0.707. The fraction of sp³-hybridized carbons (Fsp3) is 0.632. The molecule has 1 saturated carbocycles. The second-order valence-corrected chi connectivity index (χ2v) is 6.75. The van der Waals surface area contributed by atoms with Crippen LogP contribution in [0.25, 0.3) is 0 Å². The minimum Gasteiger partial charge on any atom is -0.388 e. The quantitative estimate of drug-likeness (QED) is 0.685. The molecule has 1 aliphatic rings. The summed E-state index contributed by atoms with van der Waals surface area (Å²) in [7, 11) is 0. The average molecular weight is 333 g/mol. The van der Waals surface area contributed by atoms with E-state index in [4.69, 9.17) is 0 Å². The third kappa shape index (κ3) is 5.80. The molecule has 0 saturated heterocycles. The van der Waals surface area contributed by atoms with Crippen molar-refractivity contribution >= 4 is 6.03 Å². The maximum atomic E-state index is 11.9. The third-order valence-corrected chi connectivity index (χ3v) is 4.86. The molecule has 5 nitrogen and oxygen atoms in total. The van der Waals surface area contributed by atoms with Crippen molar-refractivity contribution in [2.24, 2.45) is 0 Å². The molecular weight excluding hydrogens is 302 g/mol. The largest absolute Gasteiger partial charge is 0.388 e. The molecule has 0 aliphatic heterocycles. The first-order chi connectivity index (χ1) is 11.5. The van der Waals surface area contributed by atoms with Crippen LogP contribution in [-0.4, -0.2) is 41.3 Å². The van der Waals surface area contributed by atoms with Crippen LogP contribution in [0.2, 0.25) is 0 Å². The van der Waals surface area contributed by atoms with Gasteiger partial charge in [-0.2, -0.15) is 0 Å². The molecule has 0 bridgehead atoms. The van der Waals surface area contributed by atoms with Crippen molar-refractivity contribution in [1.82, 2.24) is 15.5 Å². The molecule has 0 spiro atoms. The number of carbonyl (C=O) groups is 1. The van der Waals surface area contributed by atoms with Gasteiger partial charge in [-0.1, -0.05) is 51.0 Å². The lowest BCUT2D eigenvalue weighted by molar-refractivity contribution is 0.0501. The van der Waals surface area contributed by atoms with Gasteiger partial charge in [0.25, 0.3) is 0 Å². The molecule has 2 amide bonds. The van der Waals surface area contributed by atoms with E-state index in [-0.39, 0.29) is 6.03 Å². The molecule has 1 aliphatic carbocycles. The predicted octanol–water partition coefficient (Wildman–Crippen LogP) is 2.63. The molecular formula is C19H31N3O2. The Morgan fingerprint density at radius 3 is 2.50 bits per heavy atom. The number of carbonyl (C=O) groups excluding carboxylic acids is 1. The zero-order valence-corrected chi connectivity index (χ0v) is 15.0. The fourth-order valence-electron chi connectivity index (χ4n) is 3.24. The van der Waals surface area contributed by atoms with Gasteiger partial charge < -0.3 is 15.7 Å². The second-order valence-electron chi connectivity index (χ2n) is 6.75. The highest BCUT2D eigenvalue weighted by atomic mass is 16.3. The van der Waals surface area contributed by atoms with Crippen LogP contribution in [0, 0.1) is 0 Å². The Hall–Kier alpha value is -1.59. The second kappa shape index (κ2) is 9.04. The van der Waals surface area contributed by atoms with Gasteiger partial charge in [0.2, 0.25) is 0 Å². The summed E-state index contributed by atoms with van der Waals surface area (Å²) in [6, 6.07) is 8.11. The monoisotopic (exact) mass is 333 g/mol. The number of nitrogens with one attached hydrogen (secondary N) is 2. The SMILES string of the molecule is CCN(CC)Cc1cccc(CNC(=O)NCC2(O)CCCC2)c1. The molecule has 134 valence electrons. The summed E-state index contributed by atoms with van der Waals surface area (Å²) in [6.07, 6.45) is 3.64. The minimum absolute atomic E-state index is 0.218. The van der Waals surface area contributed by atoms with Crippen molar-refractivity contribution in [3.63, 3.8) is 0 Å². The third-order valence-electron chi connectivity index (χ3n) is 4.86. The number of urea groups is 1.